The maximum atomic E-state index is 9.32. The topological polar surface area (TPSA) is 68.5 Å². The lowest BCUT2D eigenvalue weighted by Gasteiger charge is -2.37. The number of nitriles is 1. The zero-order chi connectivity index (χ0) is 17.8. The maximum absolute atomic E-state index is 9.32. The predicted molar refractivity (Wildman–Crippen MR) is 101 cm³/mol. The summed E-state index contributed by atoms with van der Waals surface area (Å²) in [7, 11) is 0. The molecule has 0 aliphatic carbocycles. The Labute approximate surface area is 153 Å². The van der Waals surface area contributed by atoms with Crippen molar-refractivity contribution in [3.8, 4) is 6.07 Å². The van der Waals surface area contributed by atoms with Crippen molar-refractivity contribution in [1.82, 2.24) is 9.97 Å². The lowest BCUT2D eigenvalue weighted by molar-refractivity contribution is 0.122. The van der Waals surface area contributed by atoms with E-state index in [4.69, 9.17) is 4.74 Å². The van der Waals surface area contributed by atoms with Crippen LogP contribution in [0, 0.1) is 11.3 Å². The monoisotopic (exact) mass is 350 g/mol. The van der Waals surface area contributed by atoms with Crippen LogP contribution in [-0.2, 0) is 4.74 Å². The van der Waals surface area contributed by atoms with Crippen molar-refractivity contribution in [3.63, 3.8) is 0 Å². The fourth-order valence-corrected chi connectivity index (χ4v) is 3.50. The third kappa shape index (κ3) is 3.41. The molecule has 2 aliphatic heterocycles. The molecule has 134 valence electrons. The third-order valence-electron chi connectivity index (χ3n) is 4.94. The van der Waals surface area contributed by atoms with E-state index < -0.39 is 0 Å². The summed E-state index contributed by atoms with van der Waals surface area (Å²) in [5, 5.41) is 9.32. The Morgan fingerprint density at radius 1 is 0.846 bits per heavy atom. The SMILES string of the molecule is N#Cc1ccccc1N1CCN(c2cc(N3CCOCC3)ncn2)CC1. The van der Waals surface area contributed by atoms with E-state index in [0.717, 1.165) is 75.4 Å². The van der Waals surface area contributed by atoms with Crippen molar-refractivity contribution < 1.29 is 4.74 Å². The molecule has 0 atom stereocenters. The number of hydrogen-bond donors (Lipinski definition) is 0. The van der Waals surface area contributed by atoms with Gasteiger partial charge in [-0.25, -0.2) is 9.97 Å². The Hall–Kier alpha value is -2.85. The normalized spacial score (nSPS) is 17.9. The molecule has 1 aromatic carbocycles. The standard InChI is InChI=1S/C19H22N6O/c20-14-16-3-1-2-4-17(16)23-5-7-24(8-6-23)18-13-19(22-15-21-18)25-9-11-26-12-10-25/h1-4,13,15H,5-12H2. The molecule has 0 amide bonds. The van der Waals surface area contributed by atoms with Crippen molar-refractivity contribution >= 4 is 17.3 Å². The van der Waals surface area contributed by atoms with Crippen molar-refractivity contribution in [1.29, 1.82) is 5.26 Å². The minimum Gasteiger partial charge on any atom is -0.378 e. The molecule has 4 rings (SSSR count). The fourth-order valence-electron chi connectivity index (χ4n) is 3.50. The van der Waals surface area contributed by atoms with Crippen LogP contribution in [0.4, 0.5) is 17.3 Å². The van der Waals surface area contributed by atoms with Gasteiger partial charge in [0, 0.05) is 45.3 Å². The fraction of sp³-hybridized carbons (Fsp3) is 0.421. The highest BCUT2D eigenvalue weighted by atomic mass is 16.5. The maximum Gasteiger partial charge on any atom is 0.134 e. The van der Waals surface area contributed by atoms with E-state index in [2.05, 4.69) is 36.8 Å². The largest absolute Gasteiger partial charge is 0.378 e. The molecule has 26 heavy (non-hydrogen) atoms. The molecule has 0 N–H and O–H groups in total. The molecule has 2 fully saturated rings. The number of morpholine rings is 1. The molecule has 0 unspecified atom stereocenters. The Morgan fingerprint density at radius 2 is 1.46 bits per heavy atom. The number of para-hydroxylation sites is 1. The van der Waals surface area contributed by atoms with E-state index in [1.807, 2.05) is 24.3 Å². The van der Waals surface area contributed by atoms with Crippen LogP contribution < -0.4 is 14.7 Å². The number of anilines is 3. The second-order valence-electron chi connectivity index (χ2n) is 6.44. The summed E-state index contributed by atoms with van der Waals surface area (Å²) in [6, 6.07) is 12.2. The summed E-state index contributed by atoms with van der Waals surface area (Å²) < 4.78 is 5.42. The average molecular weight is 350 g/mol. The summed E-state index contributed by atoms with van der Waals surface area (Å²) in [5.41, 5.74) is 1.75. The number of nitrogens with zero attached hydrogens (tertiary/aromatic N) is 6. The van der Waals surface area contributed by atoms with Gasteiger partial charge in [0.1, 0.15) is 24.0 Å². The van der Waals surface area contributed by atoms with Gasteiger partial charge in [0.2, 0.25) is 0 Å². The molecule has 0 saturated carbocycles. The summed E-state index contributed by atoms with van der Waals surface area (Å²) >= 11 is 0. The first kappa shape index (κ1) is 16.6. The molecule has 2 aromatic rings. The molecule has 0 radical (unpaired) electrons. The lowest BCUT2D eigenvalue weighted by atomic mass is 10.1. The number of ether oxygens (including phenoxy) is 1. The highest BCUT2D eigenvalue weighted by molar-refractivity contribution is 5.60. The van der Waals surface area contributed by atoms with E-state index in [0.29, 0.717) is 0 Å². The van der Waals surface area contributed by atoms with Gasteiger partial charge < -0.3 is 19.4 Å². The predicted octanol–water partition coefficient (Wildman–Crippen LogP) is 1.51. The second kappa shape index (κ2) is 7.58. The molecule has 2 saturated heterocycles. The van der Waals surface area contributed by atoms with Crippen LogP contribution >= 0.6 is 0 Å². The van der Waals surface area contributed by atoms with Gasteiger partial charge in [-0.1, -0.05) is 12.1 Å². The third-order valence-corrected chi connectivity index (χ3v) is 4.94. The van der Waals surface area contributed by atoms with Crippen LogP contribution in [0.5, 0.6) is 0 Å². The van der Waals surface area contributed by atoms with Crippen molar-refractivity contribution in [3.05, 3.63) is 42.2 Å². The number of aromatic nitrogens is 2. The minimum atomic E-state index is 0.734. The van der Waals surface area contributed by atoms with Gasteiger partial charge in [0.05, 0.1) is 24.5 Å². The molecule has 3 heterocycles. The highest BCUT2D eigenvalue weighted by Gasteiger charge is 2.21. The summed E-state index contributed by atoms with van der Waals surface area (Å²) in [5.74, 6) is 1.94. The van der Waals surface area contributed by atoms with E-state index in [9.17, 15) is 5.26 Å². The van der Waals surface area contributed by atoms with E-state index >= 15 is 0 Å². The van der Waals surface area contributed by atoms with Gasteiger partial charge in [0.25, 0.3) is 0 Å². The lowest BCUT2D eigenvalue weighted by Crippen LogP contribution is -2.47. The van der Waals surface area contributed by atoms with Gasteiger partial charge in [0.15, 0.2) is 0 Å². The average Bonchev–Trinajstić information content (AvgIpc) is 2.74. The molecule has 2 aliphatic rings. The van der Waals surface area contributed by atoms with Crippen molar-refractivity contribution in [2.75, 3.05) is 67.2 Å². The number of hydrogen-bond acceptors (Lipinski definition) is 7. The Bertz CT molecular complexity index is 791. The first-order chi connectivity index (χ1) is 12.8. The molecule has 0 bridgehead atoms. The quantitative estimate of drug-likeness (QED) is 0.831. The number of piperazine rings is 1. The molecular weight excluding hydrogens is 328 g/mol. The van der Waals surface area contributed by atoms with Gasteiger partial charge in [-0.15, -0.1) is 0 Å². The molecule has 0 spiro atoms. The van der Waals surface area contributed by atoms with Gasteiger partial charge >= 0.3 is 0 Å². The smallest absolute Gasteiger partial charge is 0.134 e. The van der Waals surface area contributed by atoms with Crippen molar-refractivity contribution in [2.45, 2.75) is 0 Å². The first-order valence-corrected chi connectivity index (χ1v) is 8.99. The van der Waals surface area contributed by atoms with Gasteiger partial charge in [-0.2, -0.15) is 5.26 Å². The molecule has 1 aromatic heterocycles. The Morgan fingerprint density at radius 3 is 2.15 bits per heavy atom. The number of rotatable bonds is 3. The Balaban J connectivity index is 1.44. The Kier molecular flexibility index (Phi) is 4.84. The summed E-state index contributed by atoms with van der Waals surface area (Å²) in [4.78, 5) is 15.7. The van der Waals surface area contributed by atoms with Crippen LogP contribution in [0.3, 0.4) is 0 Å². The highest BCUT2D eigenvalue weighted by Crippen LogP contribution is 2.24. The van der Waals surface area contributed by atoms with Crippen molar-refractivity contribution in [2.24, 2.45) is 0 Å². The van der Waals surface area contributed by atoms with Gasteiger partial charge in [-0.3, -0.25) is 0 Å². The first-order valence-electron chi connectivity index (χ1n) is 8.99. The summed E-state index contributed by atoms with van der Waals surface area (Å²) in [6.45, 7) is 6.72. The minimum absolute atomic E-state index is 0.734. The zero-order valence-electron chi connectivity index (χ0n) is 14.7. The van der Waals surface area contributed by atoms with Crippen LogP contribution in [0.25, 0.3) is 0 Å². The summed E-state index contributed by atoms with van der Waals surface area (Å²) in [6.07, 6.45) is 1.65. The van der Waals surface area contributed by atoms with Gasteiger partial charge in [-0.05, 0) is 12.1 Å². The van der Waals surface area contributed by atoms with Crippen LogP contribution in [0.2, 0.25) is 0 Å². The number of benzene rings is 1. The van der Waals surface area contributed by atoms with E-state index in [1.165, 1.54) is 0 Å². The van der Waals surface area contributed by atoms with Crippen LogP contribution in [-0.4, -0.2) is 62.5 Å². The molecular formula is C19H22N6O. The van der Waals surface area contributed by atoms with Crippen LogP contribution in [0.1, 0.15) is 5.56 Å². The van der Waals surface area contributed by atoms with E-state index in [1.54, 1.807) is 6.33 Å². The zero-order valence-corrected chi connectivity index (χ0v) is 14.7. The molecule has 7 heteroatoms. The van der Waals surface area contributed by atoms with Crippen LogP contribution in [0.15, 0.2) is 36.7 Å². The molecule has 7 nitrogen and oxygen atoms in total. The van der Waals surface area contributed by atoms with E-state index in [-0.39, 0.29) is 0 Å². The second-order valence-corrected chi connectivity index (χ2v) is 6.44.